The van der Waals surface area contributed by atoms with Gasteiger partial charge in [-0.1, -0.05) is 28.1 Å². The summed E-state index contributed by atoms with van der Waals surface area (Å²) in [5.41, 5.74) is 0.356. The van der Waals surface area contributed by atoms with Crippen LogP contribution in [0.2, 0.25) is 0 Å². The molecule has 0 saturated heterocycles. The van der Waals surface area contributed by atoms with Crippen LogP contribution in [0.25, 0.3) is 10.8 Å². The number of nitrogens with zero attached hydrogens (tertiary/aromatic N) is 1. The molecule has 7 heteroatoms. The maximum Gasteiger partial charge on any atom is 0.407 e. The molecule has 2 aromatic carbocycles. The summed E-state index contributed by atoms with van der Waals surface area (Å²) in [6, 6.07) is 8.87. The normalized spacial score (nSPS) is 13.9. The molecule has 1 heterocycles. The molecule has 2 aromatic rings. The predicted molar refractivity (Wildman–Crippen MR) is 101 cm³/mol. The van der Waals surface area contributed by atoms with Crippen LogP contribution in [0.3, 0.4) is 0 Å². The van der Waals surface area contributed by atoms with Gasteiger partial charge in [0.15, 0.2) is 0 Å². The Morgan fingerprint density at radius 3 is 2.42 bits per heavy atom. The molecule has 6 nitrogen and oxygen atoms in total. The average molecular weight is 419 g/mol. The highest BCUT2D eigenvalue weighted by molar-refractivity contribution is 9.10. The first-order valence-electron chi connectivity index (χ1n) is 8.23. The van der Waals surface area contributed by atoms with E-state index in [9.17, 15) is 14.4 Å². The lowest BCUT2D eigenvalue weighted by Crippen LogP contribution is -2.45. The van der Waals surface area contributed by atoms with E-state index in [1.165, 1.54) is 0 Å². The molecule has 1 N–H and O–H groups in total. The quantitative estimate of drug-likeness (QED) is 0.770. The third-order valence-corrected chi connectivity index (χ3v) is 4.63. The van der Waals surface area contributed by atoms with Crippen LogP contribution in [0.1, 0.15) is 41.5 Å². The van der Waals surface area contributed by atoms with Gasteiger partial charge in [0.25, 0.3) is 11.8 Å². The summed E-state index contributed by atoms with van der Waals surface area (Å²) in [6.07, 6.45) is -0.583. The zero-order valence-electron chi connectivity index (χ0n) is 14.8. The second-order valence-corrected chi connectivity index (χ2v) is 7.87. The van der Waals surface area contributed by atoms with E-state index >= 15 is 0 Å². The van der Waals surface area contributed by atoms with Gasteiger partial charge >= 0.3 is 6.09 Å². The molecule has 0 fully saturated rings. The van der Waals surface area contributed by atoms with E-state index in [-0.39, 0.29) is 24.9 Å². The summed E-state index contributed by atoms with van der Waals surface area (Å²) in [5.74, 6) is -0.727. The molecule has 26 heavy (non-hydrogen) atoms. The van der Waals surface area contributed by atoms with E-state index in [4.69, 9.17) is 4.74 Å². The van der Waals surface area contributed by atoms with Gasteiger partial charge in [-0.2, -0.15) is 0 Å². The second-order valence-electron chi connectivity index (χ2n) is 7.01. The average Bonchev–Trinajstić information content (AvgIpc) is 2.55. The molecule has 1 aliphatic heterocycles. The molecule has 136 valence electrons. The summed E-state index contributed by atoms with van der Waals surface area (Å²) >= 11 is 3.46. The topological polar surface area (TPSA) is 75.7 Å². The maximum atomic E-state index is 12.8. The maximum absolute atomic E-state index is 12.8. The summed E-state index contributed by atoms with van der Waals surface area (Å²) in [5, 5.41) is 4.06. The Morgan fingerprint density at radius 1 is 1.12 bits per heavy atom. The Morgan fingerprint density at radius 2 is 1.77 bits per heavy atom. The molecule has 0 unspecified atom stereocenters. The standard InChI is InChI=1S/C19H19BrN2O4/c1-19(2,3)26-18(25)21-9-10-22-16(23)12-6-4-5-11-14(20)8-7-13(15(11)12)17(22)24/h4-8H,9-10H2,1-3H3,(H,21,25). The van der Waals surface area contributed by atoms with Gasteiger partial charge in [-0.3, -0.25) is 14.5 Å². The van der Waals surface area contributed by atoms with Crippen LogP contribution >= 0.6 is 15.9 Å². The van der Waals surface area contributed by atoms with E-state index in [0.717, 1.165) is 14.8 Å². The lowest BCUT2D eigenvalue weighted by molar-refractivity contribution is 0.0496. The van der Waals surface area contributed by atoms with Crippen LogP contribution in [0.4, 0.5) is 4.79 Å². The number of benzene rings is 2. The molecule has 3 rings (SSSR count). The molecule has 0 aromatic heterocycles. The molecule has 0 atom stereocenters. The smallest absolute Gasteiger partial charge is 0.407 e. The van der Waals surface area contributed by atoms with Crippen molar-refractivity contribution in [2.45, 2.75) is 26.4 Å². The number of amides is 3. The number of carbonyl (C=O) groups is 3. The fourth-order valence-electron chi connectivity index (χ4n) is 2.90. The van der Waals surface area contributed by atoms with Gasteiger partial charge in [-0.05, 0) is 44.4 Å². The van der Waals surface area contributed by atoms with Gasteiger partial charge in [-0.25, -0.2) is 4.79 Å². The number of carbonyl (C=O) groups excluding carboxylic acids is 3. The van der Waals surface area contributed by atoms with Gasteiger partial charge in [-0.15, -0.1) is 0 Å². The van der Waals surface area contributed by atoms with Gasteiger partial charge < -0.3 is 10.1 Å². The predicted octanol–water partition coefficient (Wildman–Crippen LogP) is 3.72. The highest BCUT2D eigenvalue weighted by Gasteiger charge is 2.32. The number of ether oxygens (including phenoxy) is 1. The van der Waals surface area contributed by atoms with Crippen molar-refractivity contribution in [3.05, 3.63) is 45.9 Å². The number of halogens is 1. The van der Waals surface area contributed by atoms with E-state index in [2.05, 4.69) is 21.2 Å². The Balaban J connectivity index is 1.80. The fraction of sp³-hybridized carbons (Fsp3) is 0.316. The number of imide groups is 1. The highest BCUT2D eigenvalue weighted by Crippen LogP contribution is 2.34. The van der Waals surface area contributed by atoms with Crippen molar-refractivity contribution in [2.75, 3.05) is 13.1 Å². The van der Waals surface area contributed by atoms with Crippen LogP contribution in [-0.4, -0.2) is 41.5 Å². The van der Waals surface area contributed by atoms with E-state index in [1.807, 2.05) is 6.07 Å². The first kappa shape index (κ1) is 18.4. The van der Waals surface area contributed by atoms with E-state index in [1.54, 1.807) is 45.0 Å². The lowest BCUT2D eigenvalue weighted by atomic mass is 9.94. The van der Waals surface area contributed by atoms with Crippen LogP contribution < -0.4 is 5.32 Å². The molecular formula is C19H19BrN2O4. The Labute approximate surface area is 159 Å². The SMILES string of the molecule is CC(C)(C)OC(=O)NCCN1C(=O)c2cccc3c(Br)ccc(c23)C1=O. The van der Waals surface area contributed by atoms with Crippen molar-refractivity contribution >= 4 is 44.6 Å². The largest absolute Gasteiger partial charge is 0.444 e. The van der Waals surface area contributed by atoms with Crippen LogP contribution in [0.15, 0.2) is 34.8 Å². The number of hydrogen-bond donors (Lipinski definition) is 1. The van der Waals surface area contributed by atoms with Crippen molar-refractivity contribution in [3.8, 4) is 0 Å². The van der Waals surface area contributed by atoms with Gasteiger partial charge in [0.05, 0.1) is 0 Å². The Bertz CT molecular complexity index is 895. The molecule has 3 amide bonds. The minimum absolute atomic E-state index is 0.0722. The molecule has 0 radical (unpaired) electrons. The summed E-state index contributed by atoms with van der Waals surface area (Å²) in [6.45, 7) is 5.48. The van der Waals surface area contributed by atoms with Gasteiger partial charge in [0.1, 0.15) is 5.60 Å². The van der Waals surface area contributed by atoms with Gasteiger partial charge in [0, 0.05) is 34.1 Å². The van der Waals surface area contributed by atoms with Crippen molar-refractivity contribution in [1.29, 1.82) is 0 Å². The fourth-order valence-corrected chi connectivity index (χ4v) is 3.36. The second kappa shape index (κ2) is 6.72. The number of hydrogen-bond acceptors (Lipinski definition) is 4. The van der Waals surface area contributed by atoms with Gasteiger partial charge in [0.2, 0.25) is 0 Å². The monoisotopic (exact) mass is 418 g/mol. The third kappa shape index (κ3) is 3.44. The zero-order chi connectivity index (χ0) is 19.1. The third-order valence-electron chi connectivity index (χ3n) is 3.94. The zero-order valence-corrected chi connectivity index (χ0v) is 16.3. The lowest BCUT2D eigenvalue weighted by Gasteiger charge is -2.27. The minimum atomic E-state index is -0.608. The van der Waals surface area contributed by atoms with E-state index < -0.39 is 11.7 Å². The minimum Gasteiger partial charge on any atom is -0.444 e. The summed E-state index contributed by atoms with van der Waals surface area (Å²) in [7, 11) is 0. The van der Waals surface area contributed by atoms with E-state index in [0.29, 0.717) is 16.5 Å². The molecule has 0 saturated carbocycles. The van der Waals surface area contributed by atoms with Crippen molar-refractivity contribution in [2.24, 2.45) is 0 Å². The summed E-state index contributed by atoms with van der Waals surface area (Å²) < 4.78 is 5.99. The number of nitrogens with one attached hydrogen (secondary N) is 1. The molecule has 0 aliphatic carbocycles. The molecule has 0 spiro atoms. The first-order chi connectivity index (χ1) is 12.2. The van der Waals surface area contributed by atoms with Crippen molar-refractivity contribution in [3.63, 3.8) is 0 Å². The van der Waals surface area contributed by atoms with Crippen molar-refractivity contribution < 1.29 is 19.1 Å². The number of rotatable bonds is 3. The van der Waals surface area contributed by atoms with Crippen LogP contribution in [0.5, 0.6) is 0 Å². The molecule has 1 aliphatic rings. The molecular weight excluding hydrogens is 400 g/mol. The highest BCUT2D eigenvalue weighted by atomic mass is 79.9. The Hall–Kier alpha value is -2.41. The molecule has 0 bridgehead atoms. The first-order valence-corrected chi connectivity index (χ1v) is 9.02. The van der Waals surface area contributed by atoms with Crippen molar-refractivity contribution in [1.82, 2.24) is 10.2 Å². The van der Waals surface area contributed by atoms with Crippen LogP contribution in [0, 0.1) is 0 Å². The summed E-state index contributed by atoms with van der Waals surface area (Å²) in [4.78, 5) is 38.4. The number of alkyl carbamates (subject to hydrolysis) is 1. The Kier molecular flexibility index (Phi) is 4.75. The van der Waals surface area contributed by atoms with Crippen LogP contribution in [-0.2, 0) is 4.74 Å².